The highest BCUT2D eigenvalue weighted by Crippen LogP contribution is 2.00. The molecule has 0 rings (SSSR count). The van der Waals surface area contributed by atoms with E-state index < -0.39 is 11.2 Å². The second-order valence-corrected chi connectivity index (χ2v) is 4.06. The molecule has 0 aliphatic heterocycles. The number of amides is 1. The Kier molecular flexibility index (Phi) is 8.01. The van der Waals surface area contributed by atoms with Crippen LogP contribution in [0.15, 0.2) is 0 Å². The number of carboxylic acids is 1. The molecule has 1 atom stereocenters. The molecule has 1 unspecified atom stereocenters. The summed E-state index contributed by atoms with van der Waals surface area (Å²) >= 11 is 3.79. The Hall–Kier alpha value is -0.750. The van der Waals surface area contributed by atoms with Crippen molar-refractivity contribution < 1.29 is 14.7 Å². The van der Waals surface area contributed by atoms with E-state index in [-0.39, 0.29) is 12.3 Å². The maximum atomic E-state index is 11.3. The fraction of sp³-hybridized carbons (Fsp3) is 0.800. The number of carbonyl (C=O) groups excluding carboxylic acids is 1. The number of aliphatic carboxylic acids is 1. The Morgan fingerprint density at radius 2 is 1.94 bits per heavy atom. The highest BCUT2D eigenvalue weighted by Gasteiger charge is 2.16. The summed E-state index contributed by atoms with van der Waals surface area (Å²) in [5.74, 6) is -1.34. The Bertz CT molecular complexity index is 232. The van der Waals surface area contributed by atoms with Crippen molar-refractivity contribution in [1.82, 2.24) is 10.2 Å². The average Bonchev–Trinajstić information content (AvgIpc) is 2.24. The molecular weight excluding hydrogens is 228 g/mol. The second-order valence-electron chi connectivity index (χ2n) is 3.43. The van der Waals surface area contributed by atoms with Crippen LogP contribution in [0.25, 0.3) is 0 Å². The number of hydrogen-bond donors (Lipinski definition) is 3. The smallest absolute Gasteiger partial charge is 0.316 e. The number of rotatable bonds is 8. The van der Waals surface area contributed by atoms with Gasteiger partial charge >= 0.3 is 5.97 Å². The van der Waals surface area contributed by atoms with Crippen molar-refractivity contribution in [2.24, 2.45) is 0 Å². The van der Waals surface area contributed by atoms with Crippen LogP contribution in [0.1, 0.15) is 20.3 Å². The summed E-state index contributed by atoms with van der Waals surface area (Å²) in [5.41, 5.74) is 0. The van der Waals surface area contributed by atoms with E-state index in [1.54, 1.807) is 0 Å². The molecule has 1 amide bonds. The van der Waals surface area contributed by atoms with E-state index in [2.05, 4.69) is 36.7 Å². The molecule has 0 fully saturated rings. The zero-order chi connectivity index (χ0) is 12.6. The summed E-state index contributed by atoms with van der Waals surface area (Å²) in [7, 11) is 0. The van der Waals surface area contributed by atoms with E-state index in [1.807, 2.05) is 0 Å². The Morgan fingerprint density at radius 1 is 1.38 bits per heavy atom. The lowest BCUT2D eigenvalue weighted by atomic mass is 10.3. The van der Waals surface area contributed by atoms with Crippen LogP contribution >= 0.6 is 12.6 Å². The lowest BCUT2D eigenvalue weighted by molar-refractivity contribution is -0.138. The van der Waals surface area contributed by atoms with E-state index in [0.29, 0.717) is 6.54 Å². The van der Waals surface area contributed by atoms with Crippen LogP contribution < -0.4 is 5.32 Å². The van der Waals surface area contributed by atoms with Crippen molar-refractivity contribution >= 4 is 24.5 Å². The first-order chi connectivity index (χ1) is 7.51. The van der Waals surface area contributed by atoms with Crippen LogP contribution in [0.5, 0.6) is 0 Å². The molecule has 0 aliphatic rings. The van der Waals surface area contributed by atoms with E-state index >= 15 is 0 Å². The van der Waals surface area contributed by atoms with Crippen molar-refractivity contribution in [3.8, 4) is 0 Å². The summed E-state index contributed by atoms with van der Waals surface area (Å²) in [5, 5.41) is 10.3. The number of nitrogens with one attached hydrogen (secondary N) is 1. The Balaban J connectivity index is 3.69. The van der Waals surface area contributed by atoms with Crippen LogP contribution in [0.2, 0.25) is 0 Å². The molecule has 0 saturated carbocycles. The SMILES string of the molecule is CCN(CC)CCNC(=O)CC(S)C(=O)O. The summed E-state index contributed by atoms with van der Waals surface area (Å²) in [6, 6.07) is 0. The molecule has 0 aromatic rings. The van der Waals surface area contributed by atoms with E-state index in [9.17, 15) is 9.59 Å². The normalized spacial score (nSPS) is 12.5. The van der Waals surface area contributed by atoms with Gasteiger partial charge < -0.3 is 15.3 Å². The molecule has 0 aromatic carbocycles. The van der Waals surface area contributed by atoms with Crippen molar-refractivity contribution in [2.75, 3.05) is 26.2 Å². The summed E-state index contributed by atoms with van der Waals surface area (Å²) in [6.07, 6.45) is -0.0866. The van der Waals surface area contributed by atoms with E-state index in [1.165, 1.54) is 0 Å². The molecule has 0 aliphatic carbocycles. The van der Waals surface area contributed by atoms with Crippen LogP contribution in [0, 0.1) is 0 Å². The molecule has 0 saturated heterocycles. The monoisotopic (exact) mass is 248 g/mol. The lowest BCUT2D eigenvalue weighted by Crippen LogP contribution is -2.36. The third kappa shape index (κ3) is 6.68. The maximum absolute atomic E-state index is 11.3. The van der Waals surface area contributed by atoms with Gasteiger partial charge in [-0.3, -0.25) is 9.59 Å². The van der Waals surface area contributed by atoms with Crippen LogP contribution in [-0.2, 0) is 9.59 Å². The number of nitrogens with zero attached hydrogens (tertiary/aromatic N) is 1. The lowest BCUT2D eigenvalue weighted by Gasteiger charge is -2.18. The largest absolute Gasteiger partial charge is 0.480 e. The molecule has 0 heterocycles. The summed E-state index contributed by atoms with van der Waals surface area (Å²) in [4.78, 5) is 23.9. The average molecular weight is 248 g/mol. The fourth-order valence-electron chi connectivity index (χ4n) is 1.23. The zero-order valence-corrected chi connectivity index (χ0v) is 10.7. The summed E-state index contributed by atoms with van der Waals surface area (Å²) in [6.45, 7) is 7.32. The molecule has 2 N–H and O–H groups in total. The molecule has 0 radical (unpaired) electrons. The van der Waals surface area contributed by atoms with Gasteiger partial charge in [0.1, 0.15) is 5.25 Å². The topological polar surface area (TPSA) is 69.6 Å². The predicted molar refractivity (Wildman–Crippen MR) is 65.8 cm³/mol. The third-order valence-corrected chi connectivity index (χ3v) is 2.71. The Morgan fingerprint density at radius 3 is 2.38 bits per heavy atom. The Labute approximate surface area is 102 Å². The first-order valence-electron chi connectivity index (χ1n) is 5.41. The standard InChI is InChI=1S/C10H20N2O3S/c1-3-12(4-2)6-5-11-9(13)7-8(16)10(14)15/h8,16H,3-7H2,1-2H3,(H,11,13)(H,14,15). The minimum absolute atomic E-state index is 0.0866. The molecule has 6 heteroatoms. The van der Waals surface area contributed by atoms with E-state index in [0.717, 1.165) is 19.6 Å². The maximum Gasteiger partial charge on any atom is 0.316 e. The van der Waals surface area contributed by atoms with E-state index in [4.69, 9.17) is 5.11 Å². The van der Waals surface area contributed by atoms with Gasteiger partial charge in [0.25, 0.3) is 0 Å². The van der Waals surface area contributed by atoms with Gasteiger partial charge in [0, 0.05) is 19.5 Å². The van der Waals surface area contributed by atoms with Gasteiger partial charge in [-0.25, -0.2) is 0 Å². The quantitative estimate of drug-likeness (QED) is 0.537. The van der Waals surface area contributed by atoms with Gasteiger partial charge in [0.15, 0.2) is 0 Å². The number of carbonyl (C=O) groups is 2. The summed E-state index contributed by atoms with van der Waals surface area (Å²) < 4.78 is 0. The van der Waals surface area contributed by atoms with Crippen molar-refractivity contribution in [2.45, 2.75) is 25.5 Å². The van der Waals surface area contributed by atoms with Crippen molar-refractivity contribution in [1.29, 1.82) is 0 Å². The first kappa shape index (κ1) is 15.2. The van der Waals surface area contributed by atoms with Crippen LogP contribution in [-0.4, -0.2) is 53.3 Å². The van der Waals surface area contributed by atoms with Gasteiger partial charge in [-0.05, 0) is 13.1 Å². The molecule has 5 nitrogen and oxygen atoms in total. The minimum atomic E-state index is -1.07. The van der Waals surface area contributed by atoms with Crippen molar-refractivity contribution in [3.05, 3.63) is 0 Å². The highest BCUT2D eigenvalue weighted by atomic mass is 32.1. The molecule has 0 bridgehead atoms. The number of hydrogen-bond acceptors (Lipinski definition) is 4. The molecule has 94 valence electrons. The number of carboxylic acid groups (broad SMARTS) is 1. The molecule has 0 aromatic heterocycles. The van der Waals surface area contributed by atoms with Gasteiger partial charge in [0.05, 0.1) is 0 Å². The number of likely N-dealkylation sites (N-methyl/N-ethyl adjacent to an activating group) is 1. The fourth-order valence-corrected chi connectivity index (χ4v) is 1.39. The highest BCUT2D eigenvalue weighted by molar-refractivity contribution is 7.81. The first-order valence-corrected chi connectivity index (χ1v) is 5.92. The zero-order valence-electron chi connectivity index (χ0n) is 9.77. The molecule has 16 heavy (non-hydrogen) atoms. The van der Waals surface area contributed by atoms with Gasteiger partial charge in [-0.2, -0.15) is 12.6 Å². The van der Waals surface area contributed by atoms with Gasteiger partial charge in [-0.15, -0.1) is 0 Å². The van der Waals surface area contributed by atoms with Crippen LogP contribution in [0.3, 0.4) is 0 Å². The van der Waals surface area contributed by atoms with Gasteiger partial charge in [0.2, 0.25) is 5.91 Å². The second kappa shape index (κ2) is 8.41. The molecule has 0 spiro atoms. The van der Waals surface area contributed by atoms with Gasteiger partial charge in [-0.1, -0.05) is 13.8 Å². The van der Waals surface area contributed by atoms with Crippen LogP contribution in [0.4, 0.5) is 0 Å². The molecular formula is C10H20N2O3S. The third-order valence-electron chi connectivity index (χ3n) is 2.31. The minimum Gasteiger partial charge on any atom is -0.480 e. The predicted octanol–water partition coefficient (Wildman–Crippen LogP) is 0.218. The van der Waals surface area contributed by atoms with Crippen molar-refractivity contribution in [3.63, 3.8) is 0 Å². The number of thiol groups is 1.